The highest BCUT2D eigenvalue weighted by Gasteiger charge is 2.20. The second-order valence-corrected chi connectivity index (χ2v) is 5.81. The van der Waals surface area contributed by atoms with Crippen LogP contribution in [-0.4, -0.2) is 31.7 Å². The number of nitrogens with one attached hydrogen (secondary N) is 1. The Kier molecular flexibility index (Phi) is 3.82. The first-order chi connectivity index (χ1) is 7.70. The summed E-state index contributed by atoms with van der Waals surface area (Å²) < 4.78 is 0. The maximum absolute atomic E-state index is 4.63. The number of hydrogen-bond acceptors (Lipinski definition) is 4. The standard InChI is InChI=1S/C12H21N3S/c1-9-10(2)16-12(14-9)15-6-4-11(5-7-15)8-13-3/h11,13H,4-8H2,1-3H3. The van der Waals surface area contributed by atoms with Gasteiger partial charge in [-0.1, -0.05) is 0 Å². The molecule has 0 unspecified atom stereocenters. The predicted molar refractivity (Wildman–Crippen MR) is 70.5 cm³/mol. The highest BCUT2D eigenvalue weighted by molar-refractivity contribution is 7.15. The van der Waals surface area contributed by atoms with Crippen molar-refractivity contribution in [3.8, 4) is 0 Å². The molecule has 4 heteroatoms. The van der Waals surface area contributed by atoms with Gasteiger partial charge in [-0.05, 0) is 46.2 Å². The maximum Gasteiger partial charge on any atom is 0.185 e. The van der Waals surface area contributed by atoms with Gasteiger partial charge in [0.05, 0.1) is 5.69 Å². The largest absolute Gasteiger partial charge is 0.348 e. The molecule has 0 bridgehead atoms. The van der Waals surface area contributed by atoms with Crippen molar-refractivity contribution >= 4 is 16.5 Å². The van der Waals surface area contributed by atoms with E-state index in [4.69, 9.17) is 0 Å². The van der Waals surface area contributed by atoms with Crippen molar-refractivity contribution in [2.75, 3.05) is 31.6 Å². The lowest BCUT2D eigenvalue weighted by atomic mass is 9.97. The van der Waals surface area contributed by atoms with Gasteiger partial charge in [0.25, 0.3) is 0 Å². The van der Waals surface area contributed by atoms with Crippen LogP contribution < -0.4 is 10.2 Å². The molecule has 0 spiro atoms. The first kappa shape index (κ1) is 11.9. The lowest BCUT2D eigenvalue weighted by molar-refractivity contribution is 0.393. The number of aromatic nitrogens is 1. The number of anilines is 1. The Labute approximate surface area is 102 Å². The van der Waals surface area contributed by atoms with E-state index in [1.54, 1.807) is 0 Å². The fraction of sp³-hybridized carbons (Fsp3) is 0.750. The van der Waals surface area contributed by atoms with Gasteiger partial charge in [0.1, 0.15) is 0 Å². The van der Waals surface area contributed by atoms with Gasteiger partial charge in [0, 0.05) is 18.0 Å². The summed E-state index contributed by atoms with van der Waals surface area (Å²) in [6, 6.07) is 0. The molecule has 0 atom stereocenters. The quantitative estimate of drug-likeness (QED) is 0.876. The summed E-state index contributed by atoms with van der Waals surface area (Å²) in [6.07, 6.45) is 2.58. The van der Waals surface area contributed by atoms with Crippen LogP contribution in [0.2, 0.25) is 0 Å². The average molecular weight is 239 g/mol. The van der Waals surface area contributed by atoms with E-state index in [9.17, 15) is 0 Å². The van der Waals surface area contributed by atoms with E-state index in [1.165, 1.54) is 41.6 Å². The van der Waals surface area contributed by atoms with E-state index in [1.807, 2.05) is 18.4 Å². The van der Waals surface area contributed by atoms with Crippen LogP contribution in [-0.2, 0) is 0 Å². The summed E-state index contributed by atoms with van der Waals surface area (Å²) in [5.74, 6) is 0.850. The Balaban J connectivity index is 1.93. The molecule has 0 aliphatic carbocycles. The van der Waals surface area contributed by atoms with E-state index in [2.05, 4.69) is 29.0 Å². The van der Waals surface area contributed by atoms with Gasteiger partial charge in [-0.25, -0.2) is 4.98 Å². The highest BCUT2D eigenvalue weighted by atomic mass is 32.1. The van der Waals surface area contributed by atoms with Crippen LogP contribution in [0.1, 0.15) is 23.4 Å². The van der Waals surface area contributed by atoms with Gasteiger partial charge in [-0.3, -0.25) is 0 Å². The van der Waals surface area contributed by atoms with Crippen molar-refractivity contribution in [2.24, 2.45) is 5.92 Å². The smallest absolute Gasteiger partial charge is 0.185 e. The molecule has 2 heterocycles. The lowest BCUT2D eigenvalue weighted by Gasteiger charge is -2.31. The van der Waals surface area contributed by atoms with Gasteiger partial charge in [0.15, 0.2) is 5.13 Å². The molecule has 1 aromatic heterocycles. The predicted octanol–water partition coefficient (Wildman–Crippen LogP) is 2.20. The topological polar surface area (TPSA) is 28.2 Å². The normalized spacial score (nSPS) is 18.1. The van der Waals surface area contributed by atoms with Crippen LogP contribution in [0.25, 0.3) is 0 Å². The van der Waals surface area contributed by atoms with Crippen molar-refractivity contribution < 1.29 is 0 Å². The van der Waals surface area contributed by atoms with E-state index in [0.29, 0.717) is 0 Å². The molecule has 1 saturated heterocycles. The molecule has 0 amide bonds. The molecule has 1 N–H and O–H groups in total. The number of hydrogen-bond donors (Lipinski definition) is 1. The third-order valence-corrected chi connectivity index (χ3v) is 4.53. The van der Waals surface area contributed by atoms with Crippen LogP contribution in [0, 0.1) is 19.8 Å². The van der Waals surface area contributed by atoms with Crippen LogP contribution >= 0.6 is 11.3 Å². The fourth-order valence-corrected chi connectivity index (χ4v) is 3.17. The molecule has 2 rings (SSSR count). The monoisotopic (exact) mass is 239 g/mol. The molecule has 1 aliphatic rings. The molecule has 0 saturated carbocycles. The van der Waals surface area contributed by atoms with Crippen LogP contribution in [0.15, 0.2) is 0 Å². The zero-order chi connectivity index (χ0) is 11.5. The average Bonchev–Trinajstić information content (AvgIpc) is 2.61. The van der Waals surface area contributed by atoms with E-state index < -0.39 is 0 Å². The zero-order valence-corrected chi connectivity index (χ0v) is 11.2. The number of thiazole rings is 1. The van der Waals surface area contributed by atoms with Crippen molar-refractivity contribution in [1.29, 1.82) is 0 Å². The summed E-state index contributed by atoms with van der Waals surface area (Å²) in [5.41, 5.74) is 1.19. The van der Waals surface area contributed by atoms with Crippen molar-refractivity contribution in [3.05, 3.63) is 10.6 Å². The van der Waals surface area contributed by atoms with Crippen molar-refractivity contribution in [3.63, 3.8) is 0 Å². The summed E-state index contributed by atoms with van der Waals surface area (Å²) in [4.78, 5) is 8.43. The number of rotatable bonds is 3. The first-order valence-electron chi connectivity index (χ1n) is 6.04. The van der Waals surface area contributed by atoms with Crippen LogP contribution in [0.4, 0.5) is 5.13 Å². The highest BCUT2D eigenvalue weighted by Crippen LogP contribution is 2.28. The SMILES string of the molecule is CNCC1CCN(c2nc(C)c(C)s2)CC1. The van der Waals surface area contributed by atoms with E-state index in [-0.39, 0.29) is 0 Å². The zero-order valence-electron chi connectivity index (χ0n) is 10.4. The summed E-state index contributed by atoms with van der Waals surface area (Å²) >= 11 is 1.83. The lowest BCUT2D eigenvalue weighted by Crippen LogP contribution is -2.36. The van der Waals surface area contributed by atoms with Crippen LogP contribution in [0.5, 0.6) is 0 Å². The molecular formula is C12H21N3S. The van der Waals surface area contributed by atoms with Gasteiger partial charge >= 0.3 is 0 Å². The van der Waals surface area contributed by atoms with Gasteiger partial charge in [-0.15, -0.1) is 11.3 Å². The van der Waals surface area contributed by atoms with E-state index in [0.717, 1.165) is 12.5 Å². The Morgan fingerprint density at radius 3 is 2.56 bits per heavy atom. The molecule has 3 nitrogen and oxygen atoms in total. The second-order valence-electron chi connectivity index (χ2n) is 4.63. The Bertz CT molecular complexity index is 321. The number of aryl methyl sites for hydroxylation is 2. The minimum absolute atomic E-state index is 0.850. The summed E-state index contributed by atoms with van der Waals surface area (Å²) in [6.45, 7) is 7.74. The van der Waals surface area contributed by atoms with Gasteiger partial charge in [-0.2, -0.15) is 0 Å². The fourth-order valence-electron chi connectivity index (χ4n) is 2.21. The number of piperidine rings is 1. The van der Waals surface area contributed by atoms with Gasteiger partial charge < -0.3 is 10.2 Å². The first-order valence-corrected chi connectivity index (χ1v) is 6.86. The molecule has 90 valence electrons. The van der Waals surface area contributed by atoms with Gasteiger partial charge in [0.2, 0.25) is 0 Å². The Morgan fingerprint density at radius 2 is 2.06 bits per heavy atom. The maximum atomic E-state index is 4.63. The third kappa shape index (κ3) is 2.55. The van der Waals surface area contributed by atoms with Crippen molar-refractivity contribution in [2.45, 2.75) is 26.7 Å². The van der Waals surface area contributed by atoms with Crippen molar-refractivity contribution in [1.82, 2.24) is 10.3 Å². The minimum atomic E-state index is 0.850. The van der Waals surface area contributed by atoms with Crippen LogP contribution in [0.3, 0.4) is 0 Å². The Hall–Kier alpha value is -0.610. The van der Waals surface area contributed by atoms with E-state index >= 15 is 0 Å². The molecule has 0 radical (unpaired) electrons. The minimum Gasteiger partial charge on any atom is -0.348 e. The Morgan fingerprint density at radius 1 is 1.38 bits per heavy atom. The molecule has 1 aliphatic heterocycles. The second kappa shape index (κ2) is 5.15. The number of nitrogens with zero attached hydrogens (tertiary/aromatic N) is 2. The molecule has 1 aromatic rings. The molecule has 16 heavy (non-hydrogen) atoms. The third-order valence-electron chi connectivity index (χ3n) is 3.40. The molecule has 1 fully saturated rings. The summed E-state index contributed by atoms with van der Waals surface area (Å²) in [5, 5.41) is 4.49. The molecule has 0 aromatic carbocycles. The molecular weight excluding hydrogens is 218 g/mol. The summed E-state index contributed by atoms with van der Waals surface area (Å²) in [7, 11) is 2.04.